The lowest BCUT2D eigenvalue weighted by Crippen LogP contribution is -2.05. The Hall–Kier alpha value is -1.53. The van der Waals surface area contributed by atoms with Crippen molar-refractivity contribution < 1.29 is 0 Å². The first-order chi connectivity index (χ1) is 4.93. The SMILES string of the molecule is C#N.NNc1ccccc1. The van der Waals surface area contributed by atoms with Crippen LogP contribution in [0.3, 0.4) is 0 Å². The lowest BCUT2D eigenvalue weighted by molar-refractivity contribution is 1.35. The van der Waals surface area contributed by atoms with E-state index in [0.29, 0.717) is 0 Å². The minimum atomic E-state index is 0.938. The Morgan fingerprint density at radius 1 is 1.20 bits per heavy atom. The molecule has 0 aliphatic heterocycles. The van der Waals surface area contributed by atoms with Gasteiger partial charge < -0.3 is 5.43 Å². The van der Waals surface area contributed by atoms with Gasteiger partial charge in [0.25, 0.3) is 0 Å². The lowest BCUT2D eigenvalue weighted by atomic mass is 10.3. The number of hydrogen-bond acceptors (Lipinski definition) is 3. The molecule has 0 heterocycles. The Morgan fingerprint density at radius 3 is 2.00 bits per heavy atom. The van der Waals surface area contributed by atoms with E-state index in [-0.39, 0.29) is 0 Å². The molecule has 3 nitrogen and oxygen atoms in total. The molecule has 0 bridgehead atoms. The van der Waals surface area contributed by atoms with Crippen molar-refractivity contribution in [2.45, 2.75) is 0 Å². The lowest BCUT2D eigenvalue weighted by Gasteiger charge is -1.94. The van der Waals surface area contributed by atoms with Crippen LogP contribution in [0.5, 0.6) is 0 Å². The summed E-state index contributed by atoms with van der Waals surface area (Å²) in [5.41, 5.74) is 3.46. The Balaban J connectivity index is 0.000000371. The number of hydrogen-bond donors (Lipinski definition) is 2. The summed E-state index contributed by atoms with van der Waals surface area (Å²) in [6.07, 6.45) is 0. The molecule has 0 aliphatic carbocycles. The van der Waals surface area contributed by atoms with E-state index in [0.717, 1.165) is 5.69 Å². The van der Waals surface area contributed by atoms with E-state index < -0.39 is 0 Å². The molecule has 0 amide bonds. The highest BCUT2D eigenvalue weighted by Gasteiger charge is 1.78. The maximum absolute atomic E-state index is 6.50. The van der Waals surface area contributed by atoms with E-state index in [1.807, 2.05) is 30.3 Å². The number of nitriles is 1. The van der Waals surface area contributed by atoms with Crippen LogP contribution in [0.4, 0.5) is 5.69 Å². The summed E-state index contributed by atoms with van der Waals surface area (Å²) in [4.78, 5) is 0. The Bertz CT molecular complexity index is 181. The van der Waals surface area contributed by atoms with Gasteiger partial charge in [-0.3, -0.25) is 5.84 Å². The van der Waals surface area contributed by atoms with Crippen LogP contribution in [-0.4, -0.2) is 0 Å². The second-order valence-corrected chi connectivity index (χ2v) is 1.51. The molecule has 10 heavy (non-hydrogen) atoms. The average Bonchev–Trinajstić information content (AvgIpc) is 2.10. The monoisotopic (exact) mass is 135 g/mol. The molecule has 0 aromatic heterocycles. The minimum absolute atomic E-state index is 0.938. The van der Waals surface area contributed by atoms with Crippen molar-refractivity contribution in [2.75, 3.05) is 5.43 Å². The molecule has 0 saturated heterocycles. The van der Waals surface area contributed by atoms with E-state index in [2.05, 4.69) is 12.0 Å². The first-order valence-electron chi connectivity index (χ1n) is 2.71. The van der Waals surface area contributed by atoms with Crippen LogP contribution in [-0.2, 0) is 0 Å². The zero-order valence-electron chi connectivity index (χ0n) is 5.49. The molecular formula is C7H9N3. The maximum Gasteiger partial charge on any atom is 0.0485 e. The Morgan fingerprint density at radius 2 is 1.70 bits per heavy atom. The number of nitrogens with two attached hydrogens (primary N) is 1. The van der Waals surface area contributed by atoms with Crippen LogP contribution < -0.4 is 11.3 Å². The second kappa shape index (κ2) is 5.60. The molecule has 0 aliphatic rings. The third kappa shape index (κ3) is 2.70. The first kappa shape index (κ1) is 8.47. The molecule has 0 unspecified atom stereocenters. The van der Waals surface area contributed by atoms with Gasteiger partial charge in [0.15, 0.2) is 0 Å². The predicted octanol–water partition coefficient (Wildman–Crippen LogP) is 1.11. The molecule has 3 N–H and O–H groups in total. The zero-order chi connectivity index (χ0) is 7.82. The summed E-state index contributed by atoms with van der Waals surface area (Å²) in [6.45, 7) is 3.50. The van der Waals surface area contributed by atoms with Crippen LogP contribution in [0.25, 0.3) is 0 Å². The van der Waals surface area contributed by atoms with Gasteiger partial charge in [-0.2, -0.15) is 0 Å². The average molecular weight is 135 g/mol. The molecule has 0 fully saturated rings. The number of nitrogens with zero attached hydrogens (tertiary/aromatic N) is 1. The summed E-state index contributed by atoms with van der Waals surface area (Å²) >= 11 is 0. The number of nitrogen functional groups attached to an aromatic ring is 1. The number of rotatable bonds is 1. The van der Waals surface area contributed by atoms with E-state index in [9.17, 15) is 0 Å². The van der Waals surface area contributed by atoms with Gasteiger partial charge in [0.05, 0.1) is 0 Å². The summed E-state index contributed by atoms with van der Waals surface area (Å²) in [6, 6.07) is 9.60. The van der Waals surface area contributed by atoms with Gasteiger partial charge in [-0.05, 0) is 12.1 Å². The summed E-state index contributed by atoms with van der Waals surface area (Å²) in [7, 11) is 0. The number of nitrogens with one attached hydrogen (secondary N) is 1. The van der Waals surface area contributed by atoms with E-state index in [4.69, 9.17) is 11.1 Å². The van der Waals surface area contributed by atoms with E-state index in [1.54, 1.807) is 0 Å². The highest BCUT2D eigenvalue weighted by atomic mass is 15.2. The number of para-hydroxylation sites is 1. The number of benzene rings is 1. The first-order valence-corrected chi connectivity index (χ1v) is 2.71. The number of hydrazine groups is 1. The standard InChI is InChI=1S/C6H8N2.CHN/c7-8-6-4-2-1-3-5-6;1-2/h1-5,8H,7H2;1H. The molecular weight excluding hydrogens is 126 g/mol. The zero-order valence-corrected chi connectivity index (χ0v) is 5.49. The smallest absolute Gasteiger partial charge is 0.0485 e. The molecule has 1 aromatic carbocycles. The van der Waals surface area contributed by atoms with Crippen molar-refractivity contribution in [2.24, 2.45) is 5.84 Å². The van der Waals surface area contributed by atoms with Crippen molar-refractivity contribution in [3.8, 4) is 6.57 Å². The highest BCUT2D eigenvalue weighted by Crippen LogP contribution is 2.00. The van der Waals surface area contributed by atoms with Gasteiger partial charge in [-0.1, -0.05) is 18.2 Å². The van der Waals surface area contributed by atoms with Crippen molar-refractivity contribution in [3.63, 3.8) is 0 Å². The maximum atomic E-state index is 6.50. The van der Waals surface area contributed by atoms with E-state index in [1.165, 1.54) is 0 Å². The van der Waals surface area contributed by atoms with Crippen LogP contribution in [0.1, 0.15) is 0 Å². The third-order valence-electron chi connectivity index (χ3n) is 0.940. The van der Waals surface area contributed by atoms with Gasteiger partial charge in [0, 0.05) is 12.3 Å². The predicted molar refractivity (Wildman–Crippen MR) is 40.9 cm³/mol. The molecule has 52 valence electrons. The normalized spacial score (nSPS) is 7.10. The molecule has 0 saturated carbocycles. The van der Waals surface area contributed by atoms with E-state index >= 15 is 0 Å². The van der Waals surface area contributed by atoms with Crippen molar-refractivity contribution in [1.82, 2.24) is 0 Å². The molecule has 0 radical (unpaired) electrons. The highest BCUT2D eigenvalue weighted by molar-refractivity contribution is 5.40. The fraction of sp³-hybridized carbons (Fsp3) is 0. The van der Waals surface area contributed by atoms with Crippen LogP contribution in [0, 0.1) is 11.8 Å². The van der Waals surface area contributed by atoms with Gasteiger partial charge in [-0.15, -0.1) is 0 Å². The van der Waals surface area contributed by atoms with Crippen LogP contribution in [0.2, 0.25) is 0 Å². The quantitative estimate of drug-likeness (QED) is 0.448. The minimum Gasteiger partial charge on any atom is -0.324 e. The summed E-state index contributed by atoms with van der Waals surface area (Å²) in [5.74, 6) is 5.10. The van der Waals surface area contributed by atoms with Gasteiger partial charge in [0.2, 0.25) is 0 Å². The Labute approximate surface area is 60.1 Å². The number of anilines is 1. The molecule has 1 aromatic rings. The summed E-state index contributed by atoms with van der Waals surface area (Å²) < 4.78 is 0. The topological polar surface area (TPSA) is 61.8 Å². The molecule has 1 rings (SSSR count). The van der Waals surface area contributed by atoms with Gasteiger partial charge >= 0.3 is 0 Å². The largest absolute Gasteiger partial charge is 0.324 e. The molecule has 0 spiro atoms. The Kier molecular flexibility index (Phi) is 4.75. The molecule has 0 atom stereocenters. The summed E-state index contributed by atoms with van der Waals surface area (Å²) in [5, 5.41) is 6.50. The fourth-order valence-electron chi connectivity index (χ4n) is 0.534. The molecule has 3 heteroatoms. The fourth-order valence-corrected chi connectivity index (χ4v) is 0.534. The van der Waals surface area contributed by atoms with Crippen LogP contribution in [0.15, 0.2) is 30.3 Å². The van der Waals surface area contributed by atoms with Gasteiger partial charge in [-0.25, -0.2) is 5.26 Å². The van der Waals surface area contributed by atoms with Gasteiger partial charge in [0.1, 0.15) is 0 Å². The van der Waals surface area contributed by atoms with Crippen molar-refractivity contribution in [1.29, 1.82) is 5.26 Å². The third-order valence-corrected chi connectivity index (χ3v) is 0.940. The second-order valence-electron chi connectivity index (χ2n) is 1.51. The van der Waals surface area contributed by atoms with Crippen molar-refractivity contribution in [3.05, 3.63) is 30.3 Å². The van der Waals surface area contributed by atoms with Crippen molar-refractivity contribution >= 4 is 5.69 Å². The van der Waals surface area contributed by atoms with Crippen LogP contribution >= 0.6 is 0 Å².